The van der Waals surface area contributed by atoms with Crippen LogP contribution in [0.3, 0.4) is 0 Å². The van der Waals surface area contributed by atoms with E-state index in [-0.39, 0.29) is 5.82 Å². The van der Waals surface area contributed by atoms with Crippen LogP contribution in [0.5, 0.6) is 0 Å². The Morgan fingerprint density at radius 1 is 1.42 bits per heavy atom. The number of benzene rings is 1. The molecule has 0 bridgehead atoms. The lowest BCUT2D eigenvalue weighted by molar-refractivity contribution is 0.619. The number of rotatable bonds is 0. The molecular formula is C8H7FN2S. The molecule has 0 fully saturated rings. The zero-order valence-corrected chi connectivity index (χ0v) is 7.57. The predicted octanol–water partition coefficient (Wildman–Crippen LogP) is 2.45. The van der Waals surface area contributed by atoms with Gasteiger partial charge in [0.2, 0.25) is 0 Å². The molecule has 0 aliphatic rings. The molecule has 2 aromatic rings. The molecule has 0 N–H and O–H groups in total. The fourth-order valence-electron chi connectivity index (χ4n) is 1.17. The predicted molar refractivity (Wildman–Crippen MR) is 46.8 cm³/mol. The molecule has 0 aliphatic carbocycles. The Bertz CT molecular complexity index is 436. The van der Waals surface area contributed by atoms with E-state index in [0.29, 0.717) is 11.1 Å². The first-order valence-electron chi connectivity index (χ1n) is 3.58. The largest absolute Gasteiger partial charge is 0.207 e. The van der Waals surface area contributed by atoms with E-state index in [1.807, 2.05) is 6.92 Å². The molecule has 12 heavy (non-hydrogen) atoms. The number of halogens is 1. The van der Waals surface area contributed by atoms with Crippen LogP contribution in [0.25, 0.3) is 10.2 Å². The second-order valence-corrected chi connectivity index (χ2v) is 3.51. The normalized spacial score (nSPS) is 10.9. The summed E-state index contributed by atoms with van der Waals surface area (Å²) < 4.78 is 17.9. The molecule has 0 unspecified atom stereocenters. The maximum Gasteiger partial charge on any atom is 0.128 e. The second-order valence-electron chi connectivity index (χ2n) is 2.75. The lowest BCUT2D eigenvalue weighted by Gasteiger charge is -1.98. The maximum atomic E-state index is 13.1. The van der Waals surface area contributed by atoms with Crippen LogP contribution in [0.15, 0.2) is 6.07 Å². The highest BCUT2D eigenvalue weighted by Crippen LogP contribution is 2.24. The molecule has 0 amide bonds. The molecule has 1 heterocycles. The highest BCUT2D eigenvalue weighted by Gasteiger charge is 2.09. The van der Waals surface area contributed by atoms with Gasteiger partial charge in [0.15, 0.2) is 0 Å². The highest BCUT2D eigenvalue weighted by atomic mass is 32.1. The zero-order chi connectivity index (χ0) is 8.72. The van der Waals surface area contributed by atoms with Gasteiger partial charge in [0.25, 0.3) is 0 Å². The van der Waals surface area contributed by atoms with Crippen molar-refractivity contribution in [3.05, 3.63) is 23.0 Å². The minimum absolute atomic E-state index is 0.201. The summed E-state index contributed by atoms with van der Waals surface area (Å²) in [5.41, 5.74) is 2.19. The summed E-state index contributed by atoms with van der Waals surface area (Å²) >= 11 is 1.31. The average Bonchev–Trinajstić information content (AvgIpc) is 2.48. The van der Waals surface area contributed by atoms with Gasteiger partial charge in [-0.05, 0) is 37.0 Å². The van der Waals surface area contributed by atoms with E-state index < -0.39 is 0 Å². The molecular weight excluding hydrogens is 175 g/mol. The summed E-state index contributed by atoms with van der Waals surface area (Å²) in [6, 6.07) is 1.53. The molecule has 0 saturated carbocycles. The summed E-state index contributed by atoms with van der Waals surface area (Å²) in [4.78, 5) is 0. The number of nitrogens with zero attached hydrogens (tertiary/aromatic N) is 2. The molecule has 0 spiro atoms. The van der Waals surface area contributed by atoms with Gasteiger partial charge in [0.1, 0.15) is 11.3 Å². The fraction of sp³-hybridized carbons (Fsp3) is 0.250. The Kier molecular flexibility index (Phi) is 1.58. The van der Waals surface area contributed by atoms with Crippen LogP contribution in [0.1, 0.15) is 11.1 Å². The first-order valence-corrected chi connectivity index (χ1v) is 4.35. The third-order valence-electron chi connectivity index (χ3n) is 1.90. The van der Waals surface area contributed by atoms with Gasteiger partial charge < -0.3 is 0 Å². The van der Waals surface area contributed by atoms with Gasteiger partial charge in [-0.25, -0.2) is 4.39 Å². The lowest BCUT2D eigenvalue weighted by Crippen LogP contribution is -1.86. The monoisotopic (exact) mass is 182 g/mol. The molecule has 2 nitrogen and oxygen atoms in total. The number of aryl methyl sites for hydroxylation is 2. The Labute approximate surface area is 73.2 Å². The standard InChI is InChI=1S/C8H7FN2S/c1-4-3-6(9)5(2)7-8(4)12-11-10-7/h3H,1-2H3. The maximum absolute atomic E-state index is 13.1. The molecule has 1 aromatic carbocycles. The van der Waals surface area contributed by atoms with Crippen molar-refractivity contribution in [3.8, 4) is 0 Å². The Hall–Kier alpha value is -1.03. The van der Waals surface area contributed by atoms with Crippen LogP contribution in [-0.4, -0.2) is 9.59 Å². The van der Waals surface area contributed by atoms with E-state index in [1.54, 1.807) is 6.92 Å². The highest BCUT2D eigenvalue weighted by molar-refractivity contribution is 7.13. The third kappa shape index (κ3) is 0.914. The molecule has 4 heteroatoms. The van der Waals surface area contributed by atoms with Crippen molar-refractivity contribution in [1.82, 2.24) is 9.59 Å². The van der Waals surface area contributed by atoms with E-state index in [2.05, 4.69) is 9.59 Å². The number of fused-ring (bicyclic) bond motifs is 1. The minimum atomic E-state index is -0.201. The van der Waals surface area contributed by atoms with Crippen molar-refractivity contribution < 1.29 is 4.39 Å². The number of hydrogen-bond acceptors (Lipinski definition) is 3. The second kappa shape index (κ2) is 2.48. The van der Waals surface area contributed by atoms with Crippen molar-refractivity contribution in [1.29, 1.82) is 0 Å². The van der Waals surface area contributed by atoms with E-state index in [1.165, 1.54) is 17.6 Å². The molecule has 1 aromatic heterocycles. The molecule has 0 saturated heterocycles. The molecule has 0 aliphatic heterocycles. The van der Waals surface area contributed by atoms with Gasteiger partial charge in [0.05, 0.1) is 4.70 Å². The van der Waals surface area contributed by atoms with Crippen LogP contribution >= 0.6 is 11.5 Å². The van der Waals surface area contributed by atoms with Crippen molar-refractivity contribution >= 4 is 21.7 Å². The summed E-state index contributed by atoms with van der Waals surface area (Å²) in [7, 11) is 0. The lowest BCUT2D eigenvalue weighted by atomic mass is 10.1. The van der Waals surface area contributed by atoms with E-state index in [9.17, 15) is 4.39 Å². The van der Waals surface area contributed by atoms with E-state index in [0.717, 1.165) is 10.3 Å². The SMILES string of the molecule is Cc1c(F)cc(C)c2snnc12. The smallest absolute Gasteiger partial charge is 0.128 e. The van der Waals surface area contributed by atoms with Crippen molar-refractivity contribution in [2.24, 2.45) is 0 Å². The topological polar surface area (TPSA) is 25.8 Å². The van der Waals surface area contributed by atoms with Gasteiger partial charge >= 0.3 is 0 Å². The van der Waals surface area contributed by atoms with Crippen molar-refractivity contribution in [2.75, 3.05) is 0 Å². The number of aromatic nitrogens is 2. The minimum Gasteiger partial charge on any atom is -0.207 e. The van der Waals surface area contributed by atoms with Gasteiger partial charge in [0, 0.05) is 5.56 Å². The first kappa shape index (κ1) is 7.61. The average molecular weight is 182 g/mol. The number of hydrogen-bond donors (Lipinski definition) is 0. The molecule has 2 rings (SSSR count). The first-order chi connectivity index (χ1) is 5.70. The summed E-state index contributed by atoms with van der Waals surface area (Å²) in [6.07, 6.45) is 0. The summed E-state index contributed by atoms with van der Waals surface area (Å²) in [6.45, 7) is 3.59. The summed E-state index contributed by atoms with van der Waals surface area (Å²) in [5.74, 6) is -0.201. The summed E-state index contributed by atoms with van der Waals surface area (Å²) in [5, 5.41) is 3.87. The van der Waals surface area contributed by atoms with Crippen LogP contribution in [0.4, 0.5) is 4.39 Å². The Morgan fingerprint density at radius 3 is 2.92 bits per heavy atom. The Morgan fingerprint density at radius 2 is 2.17 bits per heavy atom. The fourth-order valence-corrected chi connectivity index (χ4v) is 1.86. The van der Waals surface area contributed by atoms with Gasteiger partial charge in [-0.2, -0.15) is 0 Å². The van der Waals surface area contributed by atoms with Gasteiger partial charge in [-0.3, -0.25) is 0 Å². The molecule has 0 atom stereocenters. The quantitative estimate of drug-likeness (QED) is 0.625. The van der Waals surface area contributed by atoms with E-state index in [4.69, 9.17) is 0 Å². The van der Waals surface area contributed by atoms with Crippen molar-refractivity contribution in [3.63, 3.8) is 0 Å². The van der Waals surface area contributed by atoms with E-state index >= 15 is 0 Å². The molecule has 62 valence electrons. The van der Waals surface area contributed by atoms with Crippen LogP contribution < -0.4 is 0 Å². The van der Waals surface area contributed by atoms with Crippen LogP contribution in [0.2, 0.25) is 0 Å². The van der Waals surface area contributed by atoms with Gasteiger partial charge in [-0.1, -0.05) is 4.49 Å². The molecule has 0 radical (unpaired) electrons. The van der Waals surface area contributed by atoms with Crippen molar-refractivity contribution in [2.45, 2.75) is 13.8 Å². The van der Waals surface area contributed by atoms with Gasteiger partial charge in [-0.15, -0.1) is 5.10 Å². The van der Waals surface area contributed by atoms with Crippen LogP contribution in [-0.2, 0) is 0 Å². The zero-order valence-electron chi connectivity index (χ0n) is 6.76. The van der Waals surface area contributed by atoms with Crippen LogP contribution in [0, 0.1) is 19.7 Å². The Balaban J connectivity index is 2.97. The third-order valence-corrected chi connectivity index (χ3v) is 2.76.